The molecule has 98 valence electrons. The highest BCUT2D eigenvalue weighted by Crippen LogP contribution is 2.14. The number of amides is 2. The lowest BCUT2D eigenvalue weighted by atomic mass is 10.2. The molecule has 0 saturated heterocycles. The van der Waals surface area contributed by atoms with Crippen LogP contribution in [0.3, 0.4) is 0 Å². The molecule has 0 fully saturated rings. The highest BCUT2D eigenvalue weighted by molar-refractivity contribution is 7.12. The number of hydroxylamine groups is 1. The summed E-state index contributed by atoms with van der Waals surface area (Å²) in [7, 11) is 1.36. The molecule has 0 aliphatic heterocycles. The predicted octanol–water partition coefficient (Wildman–Crippen LogP) is 2.29. The fourth-order valence-corrected chi connectivity index (χ4v) is 2.11. The van der Waals surface area contributed by atoms with Gasteiger partial charge in [-0.1, -0.05) is 12.1 Å². The number of carbonyl (C=O) groups excluding carboxylic acids is 2. The van der Waals surface area contributed by atoms with E-state index in [0.29, 0.717) is 16.1 Å². The lowest BCUT2D eigenvalue weighted by Crippen LogP contribution is -2.22. The number of benzene rings is 1. The van der Waals surface area contributed by atoms with Crippen LogP contribution in [0.25, 0.3) is 0 Å². The summed E-state index contributed by atoms with van der Waals surface area (Å²) in [5, 5.41) is 4.56. The fourth-order valence-electron chi connectivity index (χ4n) is 1.49. The minimum Gasteiger partial charge on any atom is -0.321 e. The lowest BCUT2D eigenvalue weighted by Gasteiger charge is -2.06. The van der Waals surface area contributed by atoms with E-state index < -0.39 is 0 Å². The van der Waals surface area contributed by atoms with Gasteiger partial charge in [0.05, 0.1) is 12.0 Å². The van der Waals surface area contributed by atoms with Crippen LogP contribution in [0.5, 0.6) is 0 Å². The first kappa shape index (κ1) is 13.3. The normalized spacial score (nSPS) is 9.95. The molecule has 0 bridgehead atoms. The highest BCUT2D eigenvalue weighted by atomic mass is 32.1. The molecular formula is C13H12N2O3S. The van der Waals surface area contributed by atoms with Crippen LogP contribution in [0.1, 0.15) is 20.0 Å². The number of anilines is 1. The second-order valence-corrected chi connectivity index (χ2v) is 4.60. The van der Waals surface area contributed by atoms with E-state index >= 15 is 0 Å². The van der Waals surface area contributed by atoms with E-state index in [-0.39, 0.29) is 11.8 Å². The maximum Gasteiger partial charge on any atom is 0.274 e. The molecule has 0 aliphatic rings. The van der Waals surface area contributed by atoms with Crippen molar-refractivity contribution < 1.29 is 14.4 Å². The zero-order chi connectivity index (χ0) is 13.7. The lowest BCUT2D eigenvalue weighted by molar-refractivity contribution is 0.0537. The van der Waals surface area contributed by atoms with Crippen molar-refractivity contribution in [2.75, 3.05) is 12.4 Å². The molecule has 0 saturated carbocycles. The molecule has 0 unspecified atom stereocenters. The number of thiophene rings is 1. The van der Waals surface area contributed by atoms with Gasteiger partial charge in [0, 0.05) is 11.3 Å². The van der Waals surface area contributed by atoms with Gasteiger partial charge in [-0.05, 0) is 29.6 Å². The molecule has 19 heavy (non-hydrogen) atoms. The topological polar surface area (TPSA) is 67.4 Å². The first-order chi connectivity index (χ1) is 9.20. The Labute approximate surface area is 114 Å². The van der Waals surface area contributed by atoms with Gasteiger partial charge < -0.3 is 5.32 Å². The molecular weight excluding hydrogens is 264 g/mol. The van der Waals surface area contributed by atoms with Crippen molar-refractivity contribution in [3.05, 3.63) is 52.2 Å². The minimum absolute atomic E-state index is 0.195. The van der Waals surface area contributed by atoms with Crippen LogP contribution >= 0.6 is 11.3 Å². The predicted molar refractivity (Wildman–Crippen MR) is 73.2 cm³/mol. The quantitative estimate of drug-likeness (QED) is 0.842. The largest absolute Gasteiger partial charge is 0.321 e. The molecule has 2 N–H and O–H groups in total. The Hall–Kier alpha value is -2.18. The Morgan fingerprint density at radius 2 is 2.00 bits per heavy atom. The molecule has 5 nitrogen and oxygen atoms in total. The van der Waals surface area contributed by atoms with Crippen molar-refractivity contribution in [1.29, 1.82) is 0 Å². The second kappa shape index (κ2) is 6.12. The van der Waals surface area contributed by atoms with Crippen molar-refractivity contribution >= 4 is 28.8 Å². The molecule has 0 spiro atoms. The molecule has 0 atom stereocenters. The third-order valence-electron chi connectivity index (χ3n) is 2.32. The van der Waals surface area contributed by atoms with Gasteiger partial charge >= 0.3 is 0 Å². The smallest absolute Gasteiger partial charge is 0.274 e. The molecule has 0 aliphatic carbocycles. The van der Waals surface area contributed by atoms with E-state index in [1.54, 1.807) is 30.3 Å². The number of hydrogen-bond acceptors (Lipinski definition) is 4. The molecule has 1 heterocycles. The highest BCUT2D eigenvalue weighted by Gasteiger charge is 2.09. The summed E-state index contributed by atoms with van der Waals surface area (Å²) in [5.41, 5.74) is 3.19. The molecule has 6 heteroatoms. The van der Waals surface area contributed by atoms with E-state index in [1.807, 2.05) is 11.4 Å². The van der Waals surface area contributed by atoms with Crippen molar-refractivity contribution in [2.45, 2.75) is 0 Å². The maximum atomic E-state index is 11.9. The number of carbonyl (C=O) groups is 2. The summed E-state index contributed by atoms with van der Waals surface area (Å²) in [5.74, 6) is -0.561. The first-order valence-electron chi connectivity index (χ1n) is 5.49. The molecule has 2 amide bonds. The van der Waals surface area contributed by atoms with Gasteiger partial charge in [-0.15, -0.1) is 11.3 Å². The van der Waals surface area contributed by atoms with E-state index in [1.165, 1.54) is 18.4 Å². The van der Waals surface area contributed by atoms with Crippen molar-refractivity contribution in [2.24, 2.45) is 0 Å². The molecule has 1 aromatic carbocycles. The van der Waals surface area contributed by atoms with Crippen LogP contribution in [0.15, 0.2) is 41.8 Å². The summed E-state index contributed by atoms with van der Waals surface area (Å²) in [4.78, 5) is 28.6. The average Bonchev–Trinajstić information content (AvgIpc) is 2.93. The van der Waals surface area contributed by atoms with Gasteiger partial charge in [0.2, 0.25) is 0 Å². The Kier molecular flexibility index (Phi) is 4.27. The van der Waals surface area contributed by atoms with Gasteiger partial charge in [0.25, 0.3) is 11.8 Å². The van der Waals surface area contributed by atoms with Gasteiger partial charge in [-0.2, -0.15) is 0 Å². The Morgan fingerprint density at radius 3 is 2.68 bits per heavy atom. The standard InChI is InChI=1S/C13H12N2O3S/c1-18-15-12(16)9-4-2-5-10(8-9)14-13(17)11-6-3-7-19-11/h2-8H,1H3,(H,14,17)(H,15,16). The van der Waals surface area contributed by atoms with Crippen LogP contribution in [0.2, 0.25) is 0 Å². The van der Waals surface area contributed by atoms with Crippen molar-refractivity contribution in [3.63, 3.8) is 0 Å². The van der Waals surface area contributed by atoms with Gasteiger partial charge in [-0.25, -0.2) is 5.48 Å². The SMILES string of the molecule is CONC(=O)c1cccc(NC(=O)c2cccs2)c1. The monoisotopic (exact) mass is 276 g/mol. The average molecular weight is 276 g/mol. The van der Waals surface area contributed by atoms with Crippen molar-refractivity contribution in [1.82, 2.24) is 5.48 Å². The molecule has 2 aromatic rings. The third kappa shape index (κ3) is 3.40. The second-order valence-electron chi connectivity index (χ2n) is 3.65. The number of rotatable bonds is 4. The molecule has 2 rings (SSSR count). The van der Waals surface area contributed by atoms with E-state index in [0.717, 1.165) is 0 Å². The van der Waals surface area contributed by atoms with Crippen LogP contribution in [0.4, 0.5) is 5.69 Å². The Bertz CT molecular complexity index is 581. The molecule has 0 radical (unpaired) electrons. The Morgan fingerprint density at radius 1 is 1.16 bits per heavy atom. The summed E-state index contributed by atoms with van der Waals surface area (Å²) < 4.78 is 0. The fraction of sp³-hybridized carbons (Fsp3) is 0.0769. The van der Waals surface area contributed by atoms with E-state index in [9.17, 15) is 9.59 Å². The van der Waals surface area contributed by atoms with Crippen LogP contribution < -0.4 is 10.8 Å². The Balaban J connectivity index is 2.11. The zero-order valence-corrected chi connectivity index (χ0v) is 11.0. The van der Waals surface area contributed by atoms with Crippen LogP contribution in [-0.2, 0) is 4.84 Å². The number of hydrogen-bond donors (Lipinski definition) is 2. The summed E-state index contributed by atoms with van der Waals surface area (Å²) in [6.45, 7) is 0. The maximum absolute atomic E-state index is 11.9. The zero-order valence-electron chi connectivity index (χ0n) is 10.2. The van der Waals surface area contributed by atoms with E-state index in [4.69, 9.17) is 0 Å². The van der Waals surface area contributed by atoms with E-state index in [2.05, 4.69) is 15.6 Å². The summed E-state index contributed by atoms with van der Waals surface area (Å²) in [6.07, 6.45) is 0. The van der Waals surface area contributed by atoms with Crippen molar-refractivity contribution in [3.8, 4) is 0 Å². The van der Waals surface area contributed by atoms with Gasteiger partial charge in [0.15, 0.2) is 0 Å². The number of nitrogens with one attached hydrogen (secondary N) is 2. The third-order valence-corrected chi connectivity index (χ3v) is 3.19. The van der Waals surface area contributed by atoms with Crippen LogP contribution in [-0.4, -0.2) is 18.9 Å². The summed E-state index contributed by atoms with van der Waals surface area (Å²) >= 11 is 1.36. The summed E-state index contributed by atoms with van der Waals surface area (Å²) in [6, 6.07) is 10.2. The van der Waals surface area contributed by atoms with Gasteiger partial charge in [0.1, 0.15) is 0 Å². The molecule has 1 aromatic heterocycles. The minimum atomic E-state index is -0.366. The van der Waals surface area contributed by atoms with Gasteiger partial charge in [-0.3, -0.25) is 14.4 Å². The van der Waals surface area contributed by atoms with Crippen LogP contribution in [0, 0.1) is 0 Å². The first-order valence-corrected chi connectivity index (χ1v) is 6.37.